The van der Waals surface area contributed by atoms with E-state index in [4.69, 9.17) is 4.42 Å². The Kier molecular flexibility index (Phi) is 3.60. The van der Waals surface area contributed by atoms with Crippen molar-refractivity contribution in [1.29, 1.82) is 0 Å². The van der Waals surface area contributed by atoms with Crippen LogP contribution < -0.4 is 0 Å². The predicted molar refractivity (Wildman–Crippen MR) is 77.5 cm³/mol. The third-order valence-corrected chi connectivity index (χ3v) is 3.39. The van der Waals surface area contributed by atoms with Crippen molar-refractivity contribution in [3.63, 3.8) is 0 Å². The zero-order valence-electron chi connectivity index (χ0n) is 11.7. The topological polar surface area (TPSA) is 50.4 Å². The fraction of sp³-hybridized carbons (Fsp3) is 0.118. The summed E-state index contributed by atoms with van der Waals surface area (Å²) in [6.45, 7) is 0. The molecule has 2 aromatic carbocycles. The number of rotatable bonds is 3. The maximum Gasteiger partial charge on any atom is 0.396 e. The number of aromatic hydroxyl groups is 1. The van der Waals surface area contributed by atoms with Crippen LogP contribution in [0.5, 0.6) is 5.75 Å². The van der Waals surface area contributed by atoms with Crippen LogP contribution >= 0.6 is 0 Å². The first-order valence-corrected chi connectivity index (χ1v) is 6.76. The summed E-state index contributed by atoms with van der Waals surface area (Å²) in [5, 5.41) is 9.61. The van der Waals surface area contributed by atoms with Crippen LogP contribution in [0.15, 0.2) is 52.9 Å². The molecule has 3 aromatic rings. The molecule has 6 heteroatoms. The van der Waals surface area contributed by atoms with Gasteiger partial charge in [-0.1, -0.05) is 18.2 Å². The number of ketones is 1. The zero-order valence-corrected chi connectivity index (χ0v) is 11.7. The lowest BCUT2D eigenvalue weighted by Crippen LogP contribution is -2.14. The highest BCUT2D eigenvalue weighted by molar-refractivity contribution is 6.16. The van der Waals surface area contributed by atoms with E-state index in [-0.39, 0.29) is 22.5 Å². The van der Waals surface area contributed by atoms with Crippen molar-refractivity contribution in [3.05, 3.63) is 65.4 Å². The zero-order chi connectivity index (χ0) is 16.6. The molecule has 1 N–H and O–H groups in total. The second-order valence-corrected chi connectivity index (χ2v) is 5.06. The largest absolute Gasteiger partial charge is 0.508 e. The summed E-state index contributed by atoms with van der Waals surface area (Å²) in [6.07, 6.45) is -5.81. The Morgan fingerprint density at radius 3 is 2.35 bits per heavy atom. The molecule has 0 saturated carbocycles. The van der Waals surface area contributed by atoms with Crippen LogP contribution in [0.3, 0.4) is 0 Å². The van der Waals surface area contributed by atoms with E-state index in [1.165, 1.54) is 30.3 Å². The Morgan fingerprint density at radius 1 is 1.04 bits per heavy atom. The third-order valence-electron chi connectivity index (χ3n) is 3.39. The molecule has 0 aliphatic heterocycles. The summed E-state index contributed by atoms with van der Waals surface area (Å²) in [5.41, 5.74) is 0.315. The number of benzene rings is 2. The van der Waals surface area contributed by atoms with Crippen LogP contribution in [0.4, 0.5) is 13.2 Å². The van der Waals surface area contributed by atoms with Crippen molar-refractivity contribution < 1.29 is 27.5 Å². The van der Waals surface area contributed by atoms with Crippen molar-refractivity contribution in [2.24, 2.45) is 0 Å². The van der Waals surface area contributed by atoms with E-state index in [0.29, 0.717) is 5.39 Å². The number of hydrogen-bond donors (Lipinski definition) is 1. The Balaban J connectivity index is 2.15. The molecule has 3 rings (SSSR count). The fourth-order valence-corrected chi connectivity index (χ4v) is 2.41. The minimum atomic E-state index is -4.49. The molecule has 3 nitrogen and oxygen atoms in total. The molecule has 0 aliphatic carbocycles. The van der Waals surface area contributed by atoms with E-state index in [9.17, 15) is 23.1 Å². The van der Waals surface area contributed by atoms with Gasteiger partial charge in [0, 0.05) is 10.9 Å². The number of halogens is 3. The van der Waals surface area contributed by atoms with Gasteiger partial charge in [-0.3, -0.25) is 4.79 Å². The van der Waals surface area contributed by atoms with Crippen LogP contribution in [0.2, 0.25) is 0 Å². The van der Waals surface area contributed by atoms with E-state index < -0.39 is 24.1 Å². The predicted octanol–water partition coefficient (Wildman–Crippen LogP) is 4.47. The molecule has 1 heterocycles. The molecule has 0 radical (unpaired) electrons. The van der Waals surface area contributed by atoms with Gasteiger partial charge >= 0.3 is 6.18 Å². The van der Waals surface area contributed by atoms with Gasteiger partial charge in [-0.15, -0.1) is 0 Å². The monoisotopic (exact) mass is 320 g/mol. The molecule has 0 saturated heterocycles. The van der Waals surface area contributed by atoms with Crippen LogP contribution in [-0.4, -0.2) is 17.1 Å². The summed E-state index contributed by atoms with van der Waals surface area (Å²) in [6, 6.07) is 11.6. The maximum atomic E-state index is 12.8. The quantitative estimate of drug-likeness (QED) is 0.724. The molecule has 0 amide bonds. The van der Waals surface area contributed by atoms with E-state index in [2.05, 4.69) is 0 Å². The summed E-state index contributed by atoms with van der Waals surface area (Å²) >= 11 is 0. The lowest BCUT2D eigenvalue weighted by Gasteiger charge is -2.06. The van der Waals surface area contributed by atoms with Gasteiger partial charge in [0.05, 0.1) is 5.56 Å². The minimum absolute atomic E-state index is 0.0332. The Morgan fingerprint density at radius 2 is 1.70 bits per heavy atom. The SMILES string of the molecule is O=C(c1ccc(O)cc1)c1c(CC(F)(F)F)oc2ccccc12. The van der Waals surface area contributed by atoms with Gasteiger partial charge in [0.25, 0.3) is 0 Å². The van der Waals surface area contributed by atoms with E-state index >= 15 is 0 Å². The first-order valence-electron chi connectivity index (χ1n) is 6.76. The van der Waals surface area contributed by atoms with Crippen LogP contribution in [-0.2, 0) is 6.42 Å². The lowest BCUT2D eigenvalue weighted by molar-refractivity contribution is -0.129. The average molecular weight is 320 g/mol. The van der Waals surface area contributed by atoms with Crippen LogP contribution in [0.1, 0.15) is 21.7 Å². The van der Waals surface area contributed by atoms with Gasteiger partial charge in [0.15, 0.2) is 5.78 Å². The molecule has 0 spiro atoms. The summed E-state index contributed by atoms with van der Waals surface area (Å²) in [7, 11) is 0. The second kappa shape index (κ2) is 5.46. The highest BCUT2D eigenvalue weighted by atomic mass is 19.4. The third kappa shape index (κ3) is 3.06. The van der Waals surface area contributed by atoms with Crippen LogP contribution in [0, 0.1) is 0 Å². The number of hydrogen-bond acceptors (Lipinski definition) is 3. The number of carbonyl (C=O) groups excluding carboxylic acids is 1. The molecule has 0 bridgehead atoms. The molecule has 0 atom stereocenters. The Bertz CT molecular complexity index is 861. The molecule has 0 aliphatic rings. The van der Waals surface area contributed by atoms with Gasteiger partial charge in [-0.25, -0.2) is 0 Å². The number of alkyl halides is 3. The maximum absolute atomic E-state index is 12.8. The second-order valence-electron chi connectivity index (χ2n) is 5.06. The van der Waals surface area contributed by atoms with Gasteiger partial charge in [0.1, 0.15) is 23.5 Å². The number of furan rings is 1. The number of para-hydroxylation sites is 1. The number of phenolic OH excluding ortho intramolecular Hbond substituents is 1. The highest BCUT2D eigenvalue weighted by Crippen LogP contribution is 2.32. The first kappa shape index (κ1) is 15.1. The van der Waals surface area contributed by atoms with Gasteiger partial charge in [-0.05, 0) is 30.3 Å². The van der Waals surface area contributed by atoms with Gasteiger partial charge < -0.3 is 9.52 Å². The highest BCUT2D eigenvalue weighted by Gasteiger charge is 2.33. The Hall–Kier alpha value is -2.76. The molecule has 0 fully saturated rings. The van der Waals surface area contributed by atoms with E-state index in [0.717, 1.165) is 0 Å². The first-order chi connectivity index (χ1) is 10.8. The molecule has 0 unspecified atom stereocenters. The number of fused-ring (bicyclic) bond motifs is 1. The van der Waals surface area contributed by atoms with Crippen LogP contribution in [0.25, 0.3) is 11.0 Å². The minimum Gasteiger partial charge on any atom is -0.508 e. The summed E-state index contributed by atoms with van der Waals surface area (Å²) in [5.74, 6) is -1.01. The van der Waals surface area contributed by atoms with Crippen molar-refractivity contribution in [2.45, 2.75) is 12.6 Å². The van der Waals surface area contributed by atoms with Gasteiger partial charge in [-0.2, -0.15) is 13.2 Å². The smallest absolute Gasteiger partial charge is 0.396 e. The van der Waals surface area contributed by atoms with Crippen molar-refractivity contribution in [2.75, 3.05) is 0 Å². The number of phenols is 1. The van der Waals surface area contributed by atoms with Crippen molar-refractivity contribution in [3.8, 4) is 5.75 Å². The van der Waals surface area contributed by atoms with Gasteiger partial charge in [0.2, 0.25) is 0 Å². The number of carbonyl (C=O) groups is 1. The summed E-state index contributed by atoms with van der Waals surface area (Å²) < 4.78 is 43.5. The molecular weight excluding hydrogens is 309 g/mol. The van der Waals surface area contributed by atoms with E-state index in [1.54, 1.807) is 18.2 Å². The Labute approximate surface area is 129 Å². The standard InChI is InChI=1S/C17H11F3O3/c18-17(19,20)9-14-15(12-3-1-2-4-13(12)23-14)16(22)10-5-7-11(21)8-6-10/h1-8,21H,9H2. The molecule has 23 heavy (non-hydrogen) atoms. The average Bonchev–Trinajstić information content (AvgIpc) is 2.82. The van der Waals surface area contributed by atoms with E-state index in [1.807, 2.05) is 0 Å². The summed E-state index contributed by atoms with van der Waals surface area (Å²) in [4.78, 5) is 12.6. The molecule has 118 valence electrons. The molecule has 1 aromatic heterocycles. The molecular formula is C17H11F3O3. The normalized spacial score (nSPS) is 11.8. The fourth-order valence-electron chi connectivity index (χ4n) is 2.41. The van der Waals surface area contributed by atoms with Crippen molar-refractivity contribution >= 4 is 16.8 Å². The lowest BCUT2D eigenvalue weighted by atomic mass is 9.99. The van der Waals surface area contributed by atoms with Crippen molar-refractivity contribution in [1.82, 2.24) is 0 Å².